The highest BCUT2D eigenvalue weighted by Crippen LogP contribution is 2.17. The van der Waals surface area contributed by atoms with Crippen molar-refractivity contribution >= 4 is 5.91 Å². The molecule has 1 unspecified atom stereocenters. The number of carbonyl (C=O) groups is 1. The van der Waals surface area contributed by atoms with Gasteiger partial charge in [-0.2, -0.15) is 0 Å². The fraction of sp³-hybridized carbons (Fsp3) is 0.923. The Bertz CT molecular complexity index is 204. The zero-order valence-corrected chi connectivity index (χ0v) is 11.8. The van der Waals surface area contributed by atoms with Gasteiger partial charge in [0, 0.05) is 19.0 Å². The molecule has 0 radical (unpaired) electrons. The van der Waals surface area contributed by atoms with Crippen molar-refractivity contribution in [2.75, 3.05) is 19.6 Å². The van der Waals surface area contributed by atoms with Crippen LogP contribution in [0.4, 0.5) is 0 Å². The van der Waals surface area contributed by atoms with E-state index in [-0.39, 0.29) is 11.3 Å². The Morgan fingerprint density at radius 1 is 1.25 bits per heavy atom. The highest BCUT2D eigenvalue weighted by Gasteiger charge is 2.17. The molecule has 3 heteroatoms. The van der Waals surface area contributed by atoms with Crippen LogP contribution in [-0.4, -0.2) is 36.5 Å². The first kappa shape index (κ1) is 15.4. The van der Waals surface area contributed by atoms with Gasteiger partial charge in [0.1, 0.15) is 0 Å². The third kappa shape index (κ3) is 6.83. The lowest BCUT2D eigenvalue weighted by Gasteiger charge is -2.27. The molecule has 0 heterocycles. The molecule has 0 bridgehead atoms. The average Bonchev–Trinajstić information content (AvgIpc) is 2.14. The largest absolute Gasteiger partial charge is 0.355 e. The lowest BCUT2D eigenvalue weighted by atomic mass is 9.92. The first-order chi connectivity index (χ1) is 7.30. The van der Waals surface area contributed by atoms with Crippen molar-refractivity contribution in [3.63, 3.8) is 0 Å². The van der Waals surface area contributed by atoms with Gasteiger partial charge < -0.3 is 5.32 Å². The Morgan fingerprint density at radius 3 is 2.12 bits per heavy atom. The van der Waals surface area contributed by atoms with Crippen LogP contribution in [0.25, 0.3) is 0 Å². The minimum Gasteiger partial charge on any atom is -0.355 e. The third-order valence-electron chi connectivity index (χ3n) is 2.72. The lowest BCUT2D eigenvalue weighted by molar-refractivity contribution is -0.123. The highest BCUT2D eigenvalue weighted by molar-refractivity contribution is 5.76. The van der Waals surface area contributed by atoms with Crippen LogP contribution in [0.2, 0.25) is 0 Å². The molecule has 0 aromatic carbocycles. The van der Waals surface area contributed by atoms with Crippen LogP contribution in [0.5, 0.6) is 0 Å². The zero-order valence-electron chi connectivity index (χ0n) is 11.8. The molecule has 0 saturated carbocycles. The van der Waals surface area contributed by atoms with Crippen molar-refractivity contribution in [3.8, 4) is 0 Å². The van der Waals surface area contributed by atoms with E-state index in [1.807, 2.05) is 0 Å². The van der Waals surface area contributed by atoms with Gasteiger partial charge in [0.25, 0.3) is 0 Å². The molecule has 1 N–H and O–H groups in total. The fourth-order valence-electron chi connectivity index (χ4n) is 1.78. The molecule has 1 atom stereocenters. The highest BCUT2D eigenvalue weighted by atomic mass is 16.1. The second-order valence-corrected chi connectivity index (χ2v) is 5.61. The summed E-state index contributed by atoms with van der Waals surface area (Å²) in [5, 5.41) is 3.01. The van der Waals surface area contributed by atoms with Crippen molar-refractivity contribution in [1.82, 2.24) is 10.2 Å². The first-order valence-corrected chi connectivity index (χ1v) is 6.31. The predicted octanol–water partition coefficient (Wildman–Crippen LogP) is 2.27. The van der Waals surface area contributed by atoms with Crippen LogP contribution >= 0.6 is 0 Å². The monoisotopic (exact) mass is 228 g/mol. The van der Waals surface area contributed by atoms with Gasteiger partial charge in [0.15, 0.2) is 0 Å². The number of likely N-dealkylation sites (N-methyl/N-ethyl adjacent to an activating group) is 1. The third-order valence-corrected chi connectivity index (χ3v) is 2.72. The number of nitrogens with zero attached hydrogens (tertiary/aromatic N) is 1. The van der Waals surface area contributed by atoms with Crippen LogP contribution < -0.4 is 5.32 Å². The number of hydrogen-bond donors (Lipinski definition) is 1. The lowest BCUT2D eigenvalue weighted by Crippen LogP contribution is -2.42. The summed E-state index contributed by atoms with van der Waals surface area (Å²) in [7, 11) is 0. The van der Waals surface area contributed by atoms with Crippen molar-refractivity contribution < 1.29 is 4.79 Å². The van der Waals surface area contributed by atoms with Crippen molar-refractivity contribution in [2.24, 2.45) is 5.41 Å². The average molecular weight is 228 g/mol. The summed E-state index contributed by atoms with van der Waals surface area (Å²) in [6.07, 6.45) is 0.595. The maximum absolute atomic E-state index is 11.6. The molecule has 0 saturated heterocycles. The molecule has 0 aliphatic rings. The van der Waals surface area contributed by atoms with Crippen LogP contribution in [0, 0.1) is 5.41 Å². The zero-order chi connectivity index (χ0) is 12.8. The molecule has 1 amide bonds. The molecule has 0 aliphatic heterocycles. The molecular formula is C13H28N2O. The van der Waals surface area contributed by atoms with Crippen LogP contribution in [-0.2, 0) is 4.79 Å². The minimum atomic E-state index is 0.0719. The molecular weight excluding hydrogens is 200 g/mol. The first-order valence-electron chi connectivity index (χ1n) is 6.31. The molecule has 0 rings (SSSR count). The van der Waals surface area contributed by atoms with Crippen LogP contribution in [0.3, 0.4) is 0 Å². The molecule has 0 aromatic heterocycles. The van der Waals surface area contributed by atoms with E-state index in [1.165, 1.54) is 0 Å². The summed E-state index contributed by atoms with van der Waals surface area (Å²) in [4.78, 5) is 14.0. The quantitative estimate of drug-likeness (QED) is 0.756. The molecule has 3 nitrogen and oxygen atoms in total. The normalized spacial score (nSPS) is 13.9. The molecule has 0 aliphatic carbocycles. The Balaban J connectivity index is 3.92. The van der Waals surface area contributed by atoms with Crippen LogP contribution in [0.15, 0.2) is 0 Å². The summed E-state index contributed by atoms with van der Waals surface area (Å²) >= 11 is 0. The SMILES string of the molecule is CCN(CC)C(C)CNC(=O)CC(C)(C)C. The van der Waals surface area contributed by atoms with Gasteiger partial charge in [-0.1, -0.05) is 34.6 Å². The Morgan fingerprint density at radius 2 is 1.75 bits per heavy atom. The topological polar surface area (TPSA) is 32.3 Å². The van der Waals surface area contributed by atoms with Gasteiger partial charge in [0.05, 0.1) is 0 Å². The van der Waals surface area contributed by atoms with Gasteiger partial charge in [-0.25, -0.2) is 0 Å². The van der Waals surface area contributed by atoms with Crippen molar-refractivity contribution in [1.29, 1.82) is 0 Å². The van der Waals surface area contributed by atoms with Gasteiger partial charge in [-0.3, -0.25) is 9.69 Å². The molecule has 0 fully saturated rings. The van der Waals surface area contributed by atoms with Gasteiger partial charge in [-0.15, -0.1) is 0 Å². The van der Waals surface area contributed by atoms with E-state index in [0.29, 0.717) is 12.5 Å². The van der Waals surface area contributed by atoms with E-state index in [2.05, 4.69) is 51.8 Å². The summed E-state index contributed by atoms with van der Waals surface area (Å²) in [6, 6.07) is 0.416. The number of amides is 1. The summed E-state index contributed by atoms with van der Waals surface area (Å²) in [5.41, 5.74) is 0.0719. The maximum atomic E-state index is 11.6. The van der Waals surface area contributed by atoms with E-state index in [9.17, 15) is 4.79 Å². The van der Waals surface area contributed by atoms with Crippen molar-refractivity contribution in [3.05, 3.63) is 0 Å². The summed E-state index contributed by atoms with van der Waals surface area (Å²) < 4.78 is 0. The van der Waals surface area contributed by atoms with E-state index in [0.717, 1.165) is 19.6 Å². The maximum Gasteiger partial charge on any atom is 0.220 e. The Labute approximate surface area is 101 Å². The van der Waals surface area contributed by atoms with E-state index in [1.54, 1.807) is 0 Å². The van der Waals surface area contributed by atoms with Gasteiger partial charge in [-0.05, 0) is 25.4 Å². The molecule has 0 aromatic rings. The van der Waals surface area contributed by atoms with E-state index < -0.39 is 0 Å². The number of rotatable bonds is 6. The van der Waals surface area contributed by atoms with Crippen molar-refractivity contribution in [2.45, 2.75) is 54.0 Å². The number of nitrogens with one attached hydrogen (secondary N) is 1. The second kappa shape index (κ2) is 6.89. The Kier molecular flexibility index (Phi) is 6.65. The Hall–Kier alpha value is -0.570. The van der Waals surface area contributed by atoms with E-state index in [4.69, 9.17) is 0 Å². The second-order valence-electron chi connectivity index (χ2n) is 5.61. The van der Waals surface area contributed by atoms with Gasteiger partial charge >= 0.3 is 0 Å². The van der Waals surface area contributed by atoms with Gasteiger partial charge in [0.2, 0.25) is 5.91 Å². The molecule has 0 spiro atoms. The van der Waals surface area contributed by atoms with E-state index >= 15 is 0 Å². The van der Waals surface area contributed by atoms with Crippen LogP contribution in [0.1, 0.15) is 48.0 Å². The minimum absolute atomic E-state index is 0.0719. The number of carbonyl (C=O) groups excluding carboxylic acids is 1. The summed E-state index contributed by atoms with van der Waals surface area (Å²) in [6.45, 7) is 15.5. The molecule has 16 heavy (non-hydrogen) atoms. The number of hydrogen-bond acceptors (Lipinski definition) is 2. The predicted molar refractivity (Wildman–Crippen MR) is 69.5 cm³/mol. The molecule has 96 valence electrons. The fourth-order valence-corrected chi connectivity index (χ4v) is 1.78. The standard InChI is InChI=1S/C13H28N2O/c1-7-15(8-2)11(3)10-14-12(16)9-13(4,5)6/h11H,7-10H2,1-6H3,(H,14,16). The smallest absolute Gasteiger partial charge is 0.220 e. The summed E-state index contributed by atoms with van der Waals surface area (Å²) in [5.74, 6) is 0.159.